The number of rotatable bonds is 3. The molecule has 1 aromatic rings. The van der Waals surface area contributed by atoms with Gasteiger partial charge in [-0.15, -0.1) is 0 Å². The molecule has 0 heterocycles. The van der Waals surface area contributed by atoms with Gasteiger partial charge >= 0.3 is 6.18 Å². The van der Waals surface area contributed by atoms with E-state index in [-0.39, 0.29) is 16.5 Å². The van der Waals surface area contributed by atoms with E-state index < -0.39 is 23.9 Å². The summed E-state index contributed by atoms with van der Waals surface area (Å²) in [5.74, 6) is 0.0746. The second kappa shape index (κ2) is 4.72. The lowest BCUT2D eigenvalue weighted by Gasteiger charge is -2.21. The molecule has 1 aromatic carbocycles. The summed E-state index contributed by atoms with van der Waals surface area (Å²) in [4.78, 5) is 0. The number of halogens is 4. The monoisotopic (exact) mass is 279 g/mol. The maximum Gasteiger partial charge on any atom is 0.416 e. The highest BCUT2D eigenvalue weighted by molar-refractivity contribution is 6.31. The summed E-state index contributed by atoms with van der Waals surface area (Å²) in [6.07, 6.45) is -3.58. The Labute approximate surface area is 108 Å². The molecule has 0 saturated heterocycles. The summed E-state index contributed by atoms with van der Waals surface area (Å²) < 4.78 is 37.8. The van der Waals surface area contributed by atoms with Crippen molar-refractivity contribution in [3.63, 3.8) is 0 Å². The second-order valence-electron chi connectivity index (χ2n) is 4.59. The third-order valence-electron chi connectivity index (χ3n) is 3.16. The first-order valence-electron chi connectivity index (χ1n) is 5.61. The number of aliphatic hydroxyl groups excluding tert-OH is 1. The highest BCUT2D eigenvalue weighted by atomic mass is 35.5. The molecule has 1 aliphatic carbocycles. The van der Waals surface area contributed by atoms with Crippen LogP contribution in [0.1, 0.15) is 30.0 Å². The summed E-state index contributed by atoms with van der Waals surface area (Å²) >= 11 is 5.85. The van der Waals surface area contributed by atoms with Crippen molar-refractivity contribution in [3.05, 3.63) is 34.3 Å². The normalized spacial score (nSPS) is 19.7. The first-order chi connectivity index (χ1) is 8.30. The molecule has 0 radical (unpaired) electrons. The molecule has 0 aliphatic heterocycles. The topological polar surface area (TPSA) is 46.2 Å². The van der Waals surface area contributed by atoms with Gasteiger partial charge in [0.25, 0.3) is 0 Å². The maximum atomic E-state index is 12.6. The quantitative estimate of drug-likeness (QED) is 0.893. The lowest BCUT2D eigenvalue weighted by molar-refractivity contribution is -0.137. The van der Waals surface area contributed by atoms with Crippen LogP contribution in [-0.2, 0) is 6.18 Å². The van der Waals surface area contributed by atoms with Gasteiger partial charge in [-0.3, -0.25) is 0 Å². The van der Waals surface area contributed by atoms with E-state index in [1.54, 1.807) is 0 Å². The molecule has 0 unspecified atom stereocenters. The smallest absolute Gasteiger partial charge is 0.391 e. The van der Waals surface area contributed by atoms with Gasteiger partial charge < -0.3 is 10.8 Å². The molecule has 1 saturated carbocycles. The predicted octanol–water partition coefficient (Wildman–Crippen LogP) is 3.13. The highest BCUT2D eigenvalue weighted by Crippen LogP contribution is 2.40. The molecule has 2 nitrogen and oxygen atoms in total. The molecule has 0 amide bonds. The van der Waals surface area contributed by atoms with Crippen LogP contribution in [0.2, 0.25) is 5.02 Å². The van der Waals surface area contributed by atoms with Gasteiger partial charge in [0.05, 0.1) is 17.7 Å². The van der Waals surface area contributed by atoms with Gasteiger partial charge in [0.1, 0.15) is 0 Å². The standard InChI is InChI=1S/C12H13ClF3NO/c13-9-4-3-7(12(14,15)16)5-8(9)10(17)11(18)6-1-2-6/h3-6,10-11,18H,1-2,17H2/t10-,11+/m0/s1. The van der Waals surface area contributed by atoms with Crippen LogP contribution in [0.5, 0.6) is 0 Å². The highest BCUT2D eigenvalue weighted by Gasteiger charge is 2.36. The Morgan fingerprint density at radius 1 is 1.33 bits per heavy atom. The minimum absolute atomic E-state index is 0.0746. The average Bonchev–Trinajstić information content (AvgIpc) is 3.10. The van der Waals surface area contributed by atoms with E-state index in [4.69, 9.17) is 17.3 Å². The van der Waals surface area contributed by atoms with E-state index >= 15 is 0 Å². The van der Waals surface area contributed by atoms with Crippen molar-refractivity contribution in [2.24, 2.45) is 11.7 Å². The van der Waals surface area contributed by atoms with Crippen molar-refractivity contribution >= 4 is 11.6 Å². The van der Waals surface area contributed by atoms with Gasteiger partial charge in [-0.25, -0.2) is 0 Å². The van der Waals surface area contributed by atoms with Crippen LogP contribution in [0.15, 0.2) is 18.2 Å². The predicted molar refractivity (Wildman–Crippen MR) is 62.1 cm³/mol. The number of alkyl halides is 3. The van der Waals surface area contributed by atoms with Gasteiger partial charge in [0, 0.05) is 5.02 Å². The second-order valence-corrected chi connectivity index (χ2v) is 5.00. The van der Waals surface area contributed by atoms with E-state index in [0.29, 0.717) is 0 Å². The fourth-order valence-electron chi connectivity index (χ4n) is 1.89. The minimum atomic E-state index is -4.44. The lowest BCUT2D eigenvalue weighted by atomic mass is 9.97. The first-order valence-corrected chi connectivity index (χ1v) is 5.99. The molecule has 3 N–H and O–H groups in total. The largest absolute Gasteiger partial charge is 0.416 e. The molecule has 1 fully saturated rings. The van der Waals surface area contributed by atoms with Crippen molar-refractivity contribution in [1.82, 2.24) is 0 Å². The summed E-state index contributed by atoms with van der Waals surface area (Å²) in [5, 5.41) is 10.0. The van der Waals surface area contributed by atoms with Gasteiger partial charge in [0.2, 0.25) is 0 Å². The zero-order valence-corrected chi connectivity index (χ0v) is 10.2. The molecule has 6 heteroatoms. The fraction of sp³-hybridized carbons (Fsp3) is 0.500. The van der Waals surface area contributed by atoms with Gasteiger partial charge in [-0.05, 0) is 42.5 Å². The molecule has 100 valence electrons. The van der Waals surface area contributed by atoms with Crippen molar-refractivity contribution in [2.75, 3.05) is 0 Å². The van der Waals surface area contributed by atoms with Crippen LogP contribution in [0.3, 0.4) is 0 Å². The summed E-state index contributed by atoms with van der Waals surface area (Å²) in [6.45, 7) is 0. The fourth-order valence-corrected chi connectivity index (χ4v) is 2.13. The van der Waals surface area contributed by atoms with E-state index in [1.807, 2.05) is 0 Å². The third-order valence-corrected chi connectivity index (χ3v) is 3.50. The molecular formula is C12H13ClF3NO. The van der Waals surface area contributed by atoms with Crippen LogP contribution in [0.4, 0.5) is 13.2 Å². The Balaban J connectivity index is 2.30. The lowest BCUT2D eigenvalue weighted by Crippen LogP contribution is -2.28. The molecule has 0 bridgehead atoms. The zero-order valence-electron chi connectivity index (χ0n) is 9.41. The van der Waals surface area contributed by atoms with Gasteiger partial charge in [-0.1, -0.05) is 11.6 Å². The average molecular weight is 280 g/mol. The summed E-state index contributed by atoms with van der Waals surface area (Å²) in [7, 11) is 0. The Morgan fingerprint density at radius 3 is 2.44 bits per heavy atom. The van der Waals surface area contributed by atoms with Crippen molar-refractivity contribution in [1.29, 1.82) is 0 Å². The first kappa shape index (κ1) is 13.6. The number of nitrogens with two attached hydrogens (primary N) is 1. The van der Waals surface area contributed by atoms with Crippen LogP contribution in [0, 0.1) is 5.92 Å². The van der Waals surface area contributed by atoms with Crippen LogP contribution in [-0.4, -0.2) is 11.2 Å². The Hall–Kier alpha value is -0.780. The number of hydrogen-bond acceptors (Lipinski definition) is 2. The van der Waals surface area contributed by atoms with Gasteiger partial charge in [0.15, 0.2) is 0 Å². The number of aliphatic hydroxyl groups is 1. The molecule has 2 atom stereocenters. The Kier molecular flexibility index (Phi) is 3.58. The third kappa shape index (κ3) is 2.79. The van der Waals surface area contributed by atoms with E-state index in [2.05, 4.69) is 0 Å². The van der Waals surface area contributed by atoms with Crippen molar-refractivity contribution in [3.8, 4) is 0 Å². The summed E-state index contributed by atoms with van der Waals surface area (Å²) in [5.41, 5.74) is 5.13. The zero-order chi connectivity index (χ0) is 13.5. The molecular weight excluding hydrogens is 267 g/mol. The minimum Gasteiger partial charge on any atom is -0.391 e. The Bertz CT molecular complexity index is 445. The van der Waals surface area contributed by atoms with Crippen LogP contribution < -0.4 is 5.73 Å². The number of hydrogen-bond donors (Lipinski definition) is 2. The van der Waals surface area contributed by atoms with Crippen LogP contribution >= 0.6 is 11.6 Å². The Morgan fingerprint density at radius 2 is 1.94 bits per heavy atom. The number of benzene rings is 1. The molecule has 1 aliphatic rings. The van der Waals surface area contributed by atoms with Crippen LogP contribution in [0.25, 0.3) is 0 Å². The molecule has 0 aromatic heterocycles. The molecule has 0 spiro atoms. The molecule has 2 rings (SSSR count). The van der Waals surface area contributed by atoms with Gasteiger partial charge in [-0.2, -0.15) is 13.2 Å². The van der Waals surface area contributed by atoms with E-state index in [1.165, 1.54) is 6.07 Å². The molecule has 18 heavy (non-hydrogen) atoms. The SMILES string of the molecule is N[C@@H](c1cc(C(F)(F)F)ccc1Cl)[C@H](O)C1CC1. The van der Waals surface area contributed by atoms with Crippen molar-refractivity contribution in [2.45, 2.75) is 31.2 Å². The van der Waals surface area contributed by atoms with Crippen molar-refractivity contribution < 1.29 is 18.3 Å². The maximum absolute atomic E-state index is 12.6. The van der Waals surface area contributed by atoms with E-state index in [9.17, 15) is 18.3 Å². The summed E-state index contributed by atoms with van der Waals surface area (Å²) in [6, 6.07) is 2.10. The van der Waals surface area contributed by atoms with E-state index in [0.717, 1.165) is 25.0 Å².